The zero-order chi connectivity index (χ0) is 29.0. The predicted octanol–water partition coefficient (Wildman–Crippen LogP) is 4.52. The molecule has 1 amide bonds. The number of benzene rings is 1. The van der Waals surface area contributed by atoms with Crippen molar-refractivity contribution < 1.29 is 33.4 Å². The van der Waals surface area contributed by atoms with Crippen LogP contribution in [0.2, 0.25) is 0 Å². The topological polar surface area (TPSA) is 121 Å². The van der Waals surface area contributed by atoms with Crippen molar-refractivity contribution in [3.63, 3.8) is 0 Å². The Labute approximate surface area is 234 Å². The molecule has 2 aliphatic heterocycles. The molecular formula is C31H38N2O7. The Morgan fingerprint density at radius 1 is 1.05 bits per heavy atom. The van der Waals surface area contributed by atoms with Crippen LogP contribution in [-0.4, -0.2) is 59.6 Å². The number of nitrogens with one attached hydrogen (secondary N) is 1. The number of amides is 1. The van der Waals surface area contributed by atoms with Gasteiger partial charge in [-0.2, -0.15) is 0 Å². The van der Waals surface area contributed by atoms with Gasteiger partial charge in [0.2, 0.25) is 0 Å². The molecule has 214 valence electrons. The second-order valence-electron chi connectivity index (χ2n) is 11.4. The van der Waals surface area contributed by atoms with Crippen molar-refractivity contribution in [1.29, 1.82) is 0 Å². The number of hydrogen-bond donors (Lipinski definition) is 1. The van der Waals surface area contributed by atoms with Gasteiger partial charge in [0, 0.05) is 29.3 Å². The number of hydrogen-bond acceptors (Lipinski definition) is 8. The molecule has 1 N–H and O–H groups in total. The van der Waals surface area contributed by atoms with Crippen LogP contribution in [0.1, 0.15) is 53.0 Å². The summed E-state index contributed by atoms with van der Waals surface area (Å²) >= 11 is 0. The van der Waals surface area contributed by atoms with Gasteiger partial charge in [-0.05, 0) is 44.4 Å². The van der Waals surface area contributed by atoms with Crippen LogP contribution in [0.5, 0.6) is 0 Å². The fourth-order valence-electron chi connectivity index (χ4n) is 5.83. The van der Waals surface area contributed by atoms with Crippen molar-refractivity contribution >= 4 is 40.6 Å². The van der Waals surface area contributed by atoms with E-state index in [-0.39, 0.29) is 24.8 Å². The first-order chi connectivity index (χ1) is 19.0. The number of carbonyl (C=O) groups excluding carboxylic acids is 4. The smallest absolute Gasteiger partial charge is 0.407 e. The Bertz CT molecular complexity index is 1310. The fraction of sp³-hybridized carbons (Fsp3) is 0.516. The van der Waals surface area contributed by atoms with Gasteiger partial charge in [-0.25, -0.2) is 4.79 Å². The standard InChI is InChI=1S/C31H38N2O7/c1-18-14-31(5,39-12-8-9-22-13-23-10-6-7-11-24(23)32-16-22)15-19(2)28(35)21(4)29(36)38-17-25-26(20(3)27(18)34)33-30(37)40-25/h6-11,13,16,18-21,25-26H,12,14-15,17H2,1-5H3,(H,33,37)/b9-8+/t18-,19-,20?,21?,25?,26?,31-/m1/s1. The number of carbonyl (C=O) groups is 4. The van der Waals surface area contributed by atoms with Crippen molar-refractivity contribution in [2.24, 2.45) is 23.7 Å². The van der Waals surface area contributed by atoms with Gasteiger partial charge in [0.1, 0.15) is 24.1 Å². The molecule has 2 aliphatic rings. The molecule has 9 heteroatoms. The first-order valence-electron chi connectivity index (χ1n) is 13.8. The summed E-state index contributed by atoms with van der Waals surface area (Å²) in [4.78, 5) is 55.8. The molecule has 4 rings (SSSR count). The Morgan fingerprint density at radius 2 is 1.75 bits per heavy atom. The number of rotatable bonds is 4. The normalized spacial score (nSPS) is 32.3. The van der Waals surface area contributed by atoms with Gasteiger partial charge < -0.3 is 19.5 Å². The summed E-state index contributed by atoms with van der Waals surface area (Å²) in [7, 11) is 0. The van der Waals surface area contributed by atoms with Gasteiger partial charge in [0.05, 0.1) is 23.8 Å². The average Bonchev–Trinajstić information content (AvgIpc) is 3.31. The molecule has 2 fully saturated rings. The summed E-state index contributed by atoms with van der Waals surface area (Å²) in [6.45, 7) is 8.81. The highest BCUT2D eigenvalue weighted by molar-refractivity contribution is 5.99. The van der Waals surface area contributed by atoms with E-state index in [1.54, 1.807) is 20.0 Å². The summed E-state index contributed by atoms with van der Waals surface area (Å²) in [5.74, 6) is -3.50. The lowest BCUT2D eigenvalue weighted by Crippen LogP contribution is -2.46. The van der Waals surface area contributed by atoms with Crippen molar-refractivity contribution in [1.82, 2.24) is 10.3 Å². The maximum absolute atomic E-state index is 13.5. The Balaban J connectivity index is 1.53. The highest BCUT2D eigenvalue weighted by Gasteiger charge is 2.44. The number of esters is 1. The summed E-state index contributed by atoms with van der Waals surface area (Å²) in [5, 5.41) is 3.72. The number of alkyl carbamates (subject to hydrolysis) is 1. The highest BCUT2D eigenvalue weighted by atomic mass is 16.6. The van der Waals surface area contributed by atoms with Crippen LogP contribution in [0.3, 0.4) is 0 Å². The largest absolute Gasteiger partial charge is 0.461 e. The van der Waals surface area contributed by atoms with Crippen LogP contribution in [0, 0.1) is 23.7 Å². The molecule has 0 aliphatic carbocycles. The minimum absolute atomic E-state index is 0.0656. The van der Waals surface area contributed by atoms with E-state index in [2.05, 4.69) is 10.3 Å². The molecule has 1 aromatic carbocycles. The molecule has 2 saturated heterocycles. The maximum Gasteiger partial charge on any atom is 0.407 e. The maximum atomic E-state index is 13.5. The predicted molar refractivity (Wildman–Crippen MR) is 149 cm³/mol. The number of nitrogens with zero attached hydrogens (tertiary/aromatic N) is 1. The molecular weight excluding hydrogens is 512 g/mol. The van der Waals surface area contributed by atoms with Crippen LogP contribution in [-0.2, 0) is 28.6 Å². The minimum atomic E-state index is -0.984. The van der Waals surface area contributed by atoms with Gasteiger partial charge >= 0.3 is 12.1 Å². The van der Waals surface area contributed by atoms with E-state index < -0.39 is 53.5 Å². The molecule has 2 aromatic rings. The highest BCUT2D eigenvalue weighted by Crippen LogP contribution is 2.33. The minimum Gasteiger partial charge on any atom is -0.461 e. The van der Waals surface area contributed by atoms with Crippen molar-refractivity contribution in [2.75, 3.05) is 13.2 Å². The Morgan fingerprint density at radius 3 is 2.50 bits per heavy atom. The summed E-state index contributed by atoms with van der Waals surface area (Å²) in [6.07, 6.45) is 4.82. The molecule has 0 radical (unpaired) electrons. The third-order valence-electron chi connectivity index (χ3n) is 8.00. The number of fused-ring (bicyclic) bond motifs is 2. The third kappa shape index (κ3) is 6.75. The monoisotopic (exact) mass is 550 g/mol. The molecule has 40 heavy (non-hydrogen) atoms. The number of aromatic nitrogens is 1. The van der Waals surface area contributed by atoms with Crippen molar-refractivity contribution in [2.45, 2.75) is 65.2 Å². The van der Waals surface area contributed by atoms with E-state index in [0.29, 0.717) is 12.8 Å². The van der Waals surface area contributed by atoms with E-state index in [1.165, 1.54) is 6.92 Å². The average molecular weight is 551 g/mol. The van der Waals surface area contributed by atoms with Gasteiger partial charge in [0.15, 0.2) is 6.10 Å². The molecule has 9 nitrogen and oxygen atoms in total. The van der Waals surface area contributed by atoms with Crippen LogP contribution >= 0.6 is 0 Å². The summed E-state index contributed by atoms with van der Waals surface area (Å²) < 4.78 is 17.0. The second-order valence-corrected chi connectivity index (χ2v) is 11.4. The number of pyridine rings is 1. The van der Waals surface area contributed by atoms with Gasteiger partial charge in [-0.1, -0.05) is 51.1 Å². The zero-order valence-corrected chi connectivity index (χ0v) is 23.7. The Hall–Kier alpha value is -3.59. The Kier molecular flexibility index (Phi) is 9.03. The van der Waals surface area contributed by atoms with Crippen LogP contribution in [0.15, 0.2) is 42.6 Å². The molecule has 7 atom stereocenters. The second kappa shape index (κ2) is 12.3. The summed E-state index contributed by atoms with van der Waals surface area (Å²) in [5.41, 5.74) is 1.02. The lowest BCUT2D eigenvalue weighted by Gasteiger charge is -2.35. The van der Waals surface area contributed by atoms with Crippen molar-refractivity contribution in [3.05, 3.63) is 48.2 Å². The molecule has 4 unspecified atom stereocenters. The van der Waals surface area contributed by atoms with E-state index >= 15 is 0 Å². The number of Topliss-reactive ketones (excluding diaryl/α,β-unsaturated/α-hetero) is 2. The summed E-state index contributed by atoms with van der Waals surface area (Å²) in [6, 6.07) is 9.28. The lowest BCUT2D eigenvalue weighted by molar-refractivity contribution is -0.155. The van der Waals surface area contributed by atoms with Crippen LogP contribution in [0.4, 0.5) is 4.79 Å². The van der Waals surface area contributed by atoms with E-state index in [9.17, 15) is 19.2 Å². The number of ether oxygens (including phenoxy) is 3. The third-order valence-corrected chi connectivity index (χ3v) is 8.00. The van der Waals surface area contributed by atoms with Crippen LogP contribution < -0.4 is 5.32 Å². The van der Waals surface area contributed by atoms with Gasteiger partial charge in [-0.15, -0.1) is 0 Å². The molecule has 1 aromatic heterocycles. The molecule has 0 saturated carbocycles. The molecule has 0 spiro atoms. The van der Waals surface area contributed by atoms with E-state index in [4.69, 9.17) is 14.2 Å². The van der Waals surface area contributed by atoms with Gasteiger partial charge in [-0.3, -0.25) is 19.4 Å². The molecule has 0 bridgehead atoms. The first-order valence-corrected chi connectivity index (χ1v) is 13.8. The number of ketones is 2. The quantitative estimate of drug-likeness (QED) is 0.436. The SMILES string of the molecule is CC1C(=O)OCC2OC(=O)NC2C(C)C(=O)[C@H](C)C[C@@](C)(OC/C=C/c2cnc3ccccc3c2)C[C@@H](C)C1=O. The lowest BCUT2D eigenvalue weighted by atomic mass is 9.78. The van der Waals surface area contributed by atoms with Crippen LogP contribution in [0.25, 0.3) is 17.0 Å². The van der Waals surface area contributed by atoms with Crippen molar-refractivity contribution in [3.8, 4) is 0 Å². The van der Waals surface area contributed by atoms with Gasteiger partial charge in [0.25, 0.3) is 0 Å². The van der Waals surface area contributed by atoms with E-state index in [1.807, 2.05) is 56.3 Å². The first kappa shape index (κ1) is 29.4. The number of cyclic esters (lactones) is 1. The zero-order valence-electron chi connectivity index (χ0n) is 23.7. The number of para-hydroxylation sites is 1. The van der Waals surface area contributed by atoms with E-state index in [0.717, 1.165) is 16.5 Å². The fourth-order valence-corrected chi connectivity index (χ4v) is 5.83. The molecule has 3 heterocycles.